The maximum Gasteiger partial charge on any atom is 0.306 e. The molecule has 0 bridgehead atoms. The van der Waals surface area contributed by atoms with Gasteiger partial charge in [0.2, 0.25) is 0 Å². The van der Waals surface area contributed by atoms with E-state index in [1.165, 1.54) is 12.1 Å². The van der Waals surface area contributed by atoms with Gasteiger partial charge in [-0.1, -0.05) is 26.0 Å². The van der Waals surface area contributed by atoms with Crippen LogP contribution < -0.4 is 5.32 Å². The molecule has 1 aromatic rings. The number of ether oxygens (including phenoxy) is 1. The predicted molar refractivity (Wildman–Crippen MR) is 63.8 cm³/mol. The summed E-state index contributed by atoms with van der Waals surface area (Å²) in [6, 6.07) is 6.39. The summed E-state index contributed by atoms with van der Waals surface area (Å²) in [5, 5.41) is 3.10. The van der Waals surface area contributed by atoms with Gasteiger partial charge in [0.25, 0.3) is 0 Å². The second-order valence-electron chi connectivity index (χ2n) is 3.73. The number of hydrogen-bond donors (Lipinski definition) is 1. The fourth-order valence-electron chi connectivity index (χ4n) is 1.52. The van der Waals surface area contributed by atoms with E-state index in [2.05, 4.69) is 5.32 Å². The highest BCUT2D eigenvalue weighted by molar-refractivity contribution is 5.68. The highest BCUT2D eigenvalue weighted by Gasteiger charge is 2.09. The number of hydrogen-bond acceptors (Lipinski definition) is 3. The SMILES string of the molecule is CCC(=O)OCN[C@H](CC)c1ccc(F)cc1. The van der Waals surface area contributed by atoms with E-state index < -0.39 is 0 Å². The van der Waals surface area contributed by atoms with E-state index in [0.717, 1.165) is 12.0 Å². The Morgan fingerprint density at radius 1 is 1.35 bits per heavy atom. The Bertz CT molecular complexity index is 351. The van der Waals surface area contributed by atoms with E-state index >= 15 is 0 Å². The topological polar surface area (TPSA) is 38.3 Å². The van der Waals surface area contributed by atoms with Crippen molar-refractivity contribution in [3.05, 3.63) is 35.6 Å². The van der Waals surface area contributed by atoms with Crippen LogP contribution in [0.3, 0.4) is 0 Å². The number of rotatable bonds is 6. The third-order valence-corrected chi connectivity index (χ3v) is 2.53. The van der Waals surface area contributed by atoms with E-state index in [-0.39, 0.29) is 24.6 Å². The molecule has 0 amide bonds. The Morgan fingerprint density at radius 3 is 2.53 bits per heavy atom. The lowest BCUT2D eigenvalue weighted by Crippen LogP contribution is -2.25. The molecule has 0 radical (unpaired) electrons. The number of carbonyl (C=O) groups is 1. The first kappa shape index (κ1) is 13.6. The van der Waals surface area contributed by atoms with Crippen molar-refractivity contribution in [3.63, 3.8) is 0 Å². The van der Waals surface area contributed by atoms with Gasteiger partial charge in [-0.15, -0.1) is 0 Å². The molecule has 0 aliphatic carbocycles. The standard InChI is InChI=1S/C13H18FNO2/c1-3-12(15-9-17-13(16)4-2)10-5-7-11(14)8-6-10/h5-8,12,15H,3-4,9H2,1-2H3/t12-/m1/s1. The van der Waals surface area contributed by atoms with Crippen molar-refractivity contribution in [1.29, 1.82) is 0 Å². The minimum atomic E-state index is -0.249. The zero-order valence-electron chi connectivity index (χ0n) is 10.2. The number of nitrogens with one attached hydrogen (secondary N) is 1. The van der Waals surface area contributed by atoms with E-state index in [1.807, 2.05) is 6.92 Å². The van der Waals surface area contributed by atoms with Crippen LogP contribution in [-0.4, -0.2) is 12.7 Å². The highest BCUT2D eigenvalue weighted by Crippen LogP contribution is 2.16. The smallest absolute Gasteiger partial charge is 0.306 e. The Labute approximate surface area is 101 Å². The summed E-state index contributed by atoms with van der Waals surface area (Å²) in [4.78, 5) is 11.0. The maximum atomic E-state index is 12.8. The molecule has 0 saturated carbocycles. The zero-order chi connectivity index (χ0) is 12.7. The summed E-state index contributed by atoms with van der Waals surface area (Å²) in [6.45, 7) is 3.95. The third kappa shape index (κ3) is 4.53. The summed E-state index contributed by atoms with van der Waals surface area (Å²) in [5.41, 5.74) is 0.987. The normalized spacial score (nSPS) is 12.2. The Kier molecular flexibility index (Phi) is 5.63. The molecule has 0 spiro atoms. The van der Waals surface area contributed by atoms with Crippen LogP contribution in [0.15, 0.2) is 24.3 Å². The van der Waals surface area contributed by atoms with Crippen molar-refractivity contribution in [2.45, 2.75) is 32.7 Å². The van der Waals surface area contributed by atoms with Crippen LogP contribution >= 0.6 is 0 Å². The summed E-state index contributed by atoms with van der Waals surface area (Å²) >= 11 is 0. The van der Waals surface area contributed by atoms with Gasteiger partial charge in [-0.3, -0.25) is 10.1 Å². The first-order valence-corrected chi connectivity index (χ1v) is 5.81. The molecule has 0 saturated heterocycles. The van der Waals surface area contributed by atoms with E-state index in [0.29, 0.717) is 6.42 Å². The summed E-state index contributed by atoms with van der Waals surface area (Å²) in [5.74, 6) is -0.479. The molecule has 0 aliphatic rings. The quantitative estimate of drug-likeness (QED) is 0.612. The van der Waals surface area contributed by atoms with Gasteiger partial charge in [-0.2, -0.15) is 0 Å². The second-order valence-corrected chi connectivity index (χ2v) is 3.73. The largest absolute Gasteiger partial charge is 0.450 e. The van der Waals surface area contributed by atoms with E-state index in [1.54, 1.807) is 19.1 Å². The first-order valence-electron chi connectivity index (χ1n) is 5.81. The monoisotopic (exact) mass is 239 g/mol. The molecule has 1 aromatic carbocycles. The van der Waals surface area contributed by atoms with Crippen LogP contribution in [-0.2, 0) is 9.53 Å². The van der Waals surface area contributed by atoms with Gasteiger partial charge in [0.05, 0.1) is 0 Å². The number of esters is 1. The van der Waals surface area contributed by atoms with Crippen molar-refractivity contribution in [1.82, 2.24) is 5.32 Å². The lowest BCUT2D eigenvalue weighted by molar-refractivity contribution is -0.144. The number of carbonyl (C=O) groups excluding carboxylic acids is 1. The molecular weight excluding hydrogens is 221 g/mol. The fraction of sp³-hybridized carbons (Fsp3) is 0.462. The minimum absolute atomic E-state index is 0.0697. The van der Waals surface area contributed by atoms with Crippen LogP contribution in [0.1, 0.15) is 38.3 Å². The van der Waals surface area contributed by atoms with Gasteiger partial charge in [-0.05, 0) is 24.1 Å². The first-order chi connectivity index (χ1) is 8.17. The molecule has 1 rings (SSSR count). The maximum absolute atomic E-state index is 12.8. The van der Waals surface area contributed by atoms with E-state index in [9.17, 15) is 9.18 Å². The molecule has 0 fully saturated rings. The number of halogens is 1. The van der Waals surface area contributed by atoms with Crippen molar-refractivity contribution in [3.8, 4) is 0 Å². The molecule has 4 heteroatoms. The van der Waals surface area contributed by atoms with Gasteiger partial charge in [0.15, 0.2) is 0 Å². The van der Waals surface area contributed by atoms with E-state index in [4.69, 9.17) is 4.74 Å². The van der Waals surface area contributed by atoms with Crippen LogP contribution in [0, 0.1) is 5.82 Å². The van der Waals surface area contributed by atoms with Crippen molar-refractivity contribution >= 4 is 5.97 Å². The molecule has 94 valence electrons. The predicted octanol–water partition coefficient (Wildman–Crippen LogP) is 2.78. The fourth-order valence-corrected chi connectivity index (χ4v) is 1.52. The Balaban J connectivity index is 2.48. The van der Waals surface area contributed by atoms with Crippen molar-refractivity contribution in [2.75, 3.05) is 6.73 Å². The van der Waals surface area contributed by atoms with Crippen molar-refractivity contribution in [2.24, 2.45) is 0 Å². The molecule has 0 unspecified atom stereocenters. The third-order valence-electron chi connectivity index (χ3n) is 2.53. The lowest BCUT2D eigenvalue weighted by atomic mass is 10.1. The minimum Gasteiger partial charge on any atom is -0.450 e. The molecule has 0 heterocycles. The zero-order valence-corrected chi connectivity index (χ0v) is 10.2. The second kappa shape index (κ2) is 7.01. The summed E-state index contributed by atoms with van der Waals surface area (Å²) < 4.78 is 17.7. The van der Waals surface area contributed by atoms with Crippen LogP contribution in [0.2, 0.25) is 0 Å². The highest BCUT2D eigenvalue weighted by atomic mass is 19.1. The van der Waals surface area contributed by atoms with Gasteiger partial charge >= 0.3 is 5.97 Å². The molecule has 1 atom stereocenters. The number of benzene rings is 1. The lowest BCUT2D eigenvalue weighted by Gasteiger charge is -2.17. The van der Waals surface area contributed by atoms with Gasteiger partial charge in [0, 0.05) is 12.5 Å². The van der Waals surface area contributed by atoms with Crippen LogP contribution in [0.25, 0.3) is 0 Å². The average molecular weight is 239 g/mol. The van der Waals surface area contributed by atoms with Crippen LogP contribution in [0.4, 0.5) is 4.39 Å². The van der Waals surface area contributed by atoms with Crippen LogP contribution in [0.5, 0.6) is 0 Å². The molecular formula is C13H18FNO2. The van der Waals surface area contributed by atoms with Gasteiger partial charge in [0.1, 0.15) is 12.5 Å². The summed E-state index contributed by atoms with van der Waals surface area (Å²) in [7, 11) is 0. The molecule has 0 aromatic heterocycles. The van der Waals surface area contributed by atoms with Crippen molar-refractivity contribution < 1.29 is 13.9 Å². The Morgan fingerprint density at radius 2 is 2.00 bits per heavy atom. The molecule has 1 N–H and O–H groups in total. The molecule has 3 nitrogen and oxygen atoms in total. The molecule has 0 aliphatic heterocycles. The summed E-state index contributed by atoms with van der Waals surface area (Å²) in [6.07, 6.45) is 1.21. The molecule has 17 heavy (non-hydrogen) atoms. The average Bonchev–Trinajstić information content (AvgIpc) is 2.35. The van der Waals surface area contributed by atoms with Gasteiger partial charge < -0.3 is 4.74 Å². The van der Waals surface area contributed by atoms with Gasteiger partial charge in [-0.25, -0.2) is 4.39 Å². The Hall–Kier alpha value is -1.42.